The number of aliphatic hydroxyl groups excluding tert-OH is 2. The number of allylic oxidation sites excluding steroid dienone is 1. The molecule has 0 spiro atoms. The highest BCUT2D eigenvalue weighted by molar-refractivity contribution is 5.88. The SMILES string of the molecule is CCCCCC1CC=C(C)C(O)C(C)(C)C(=O)C(C)C=C(C)C2CC(O)CC(O)(CC(=O)O1)O2. The Morgan fingerprint density at radius 2 is 1.79 bits per heavy atom. The van der Waals surface area contributed by atoms with Gasteiger partial charge in [0.15, 0.2) is 5.79 Å². The molecule has 1 saturated heterocycles. The van der Waals surface area contributed by atoms with Crippen LogP contribution in [0.4, 0.5) is 0 Å². The second-order valence-corrected chi connectivity index (χ2v) is 10.8. The van der Waals surface area contributed by atoms with E-state index < -0.39 is 47.5 Å². The molecule has 7 nitrogen and oxygen atoms in total. The molecule has 0 aliphatic carbocycles. The first-order chi connectivity index (χ1) is 15.8. The Morgan fingerprint density at radius 1 is 1.12 bits per heavy atom. The fourth-order valence-electron chi connectivity index (χ4n) is 5.05. The monoisotopic (exact) mass is 480 g/mol. The zero-order valence-electron chi connectivity index (χ0n) is 21.7. The maximum atomic E-state index is 13.3. The average molecular weight is 481 g/mol. The van der Waals surface area contributed by atoms with Crippen molar-refractivity contribution in [1.82, 2.24) is 0 Å². The second-order valence-electron chi connectivity index (χ2n) is 10.8. The molecular formula is C27H44O7. The molecule has 2 aliphatic rings. The second kappa shape index (κ2) is 11.9. The number of rotatable bonds is 4. The van der Waals surface area contributed by atoms with Crippen LogP contribution in [0.15, 0.2) is 23.3 Å². The summed E-state index contributed by atoms with van der Waals surface area (Å²) >= 11 is 0. The normalized spacial score (nSPS) is 35.9. The zero-order valence-corrected chi connectivity index (χ0v) is 21.7. The van der Waals surface area contributed by atoms with Crippen LogP contribution in [0.3, 0.4) is 0 Å². The van der Waals surface area contributed by atoms with Crippen molar-refractivity contribution in [2.75, 3.05) is 0 Å². The summed E-state index contributed by atoms with van der Waals surface area (Å²) in [6.45, 7) is 10.9. The van der Waals surface area contributed by atoms with Crippen molar-refractivity contribution in [3.8, 4) is 0 Å². The van der Waals surface area contributed by atoms with Crippen molar-refractivity contribution < 1.29 is 34.4 Å². The molecule has 194 valence electrons. The molecule has 0 radical (unpaired) electrons. The van der Waals surface area contributed by atoms with Crippen molar-refractivity contribution in [2.45, 2.75) is 123 Å². The minimum atomic E-state index is -1.84. The lowest BCUT2D eigenvalue weighted by Gasteiger charge is -2.40. The minimum absolute atomic E-state index is 0.0842. The highest BCUT2D eigenvalue weighted by Gasteiger charge is 2.43. The van der Waals surface area contributed by atoms with Gasteiger partial charge in [0.05, 0.1) is 30.1 Å². The van der Waals surface area contributed by atoms with Gasteiger partial charge in [-0.15, -0.1) is 0 Å². The summed E-state index contributed by atoms with van der Waals surface area (Å²) in [5.74, 6) is -3.04. The molecule has 6 unspecified atom stereocenters. The highest BCUT2D eigenvalue weighted by Crippen LogP contribution is 2.36. The number of hydrogen-bond acceptors (Lipinski definition) is 7. The number of hydrogen-bond donors (Lipinski definition) is 3. The van der Waals surface area contributed by atoms with Gasteiger partial charge in [0.1, 0.15) is 11.9 Å². The van der Waals surface area contributed by atoms with Gasteiger partial charge in [0, 0.05) is 25.2 Å². The summed E-state index contributed by atoms with van der Waals surface area (Å²) in [5.41, 5.74) is 0.320. The Labute approximate surface area is 204 Å². The van der Waals surface area contributed by atoms with Crippen molar-refractivity contribution in [2.24, 2.45) is 11.3 Å². The molecule has 1 fully saturated rings. The van der Waals surface area contributed by atoms with Crippen LogP contribution in [0.2, 0.25) is 0 Å². The van der Waals surface area contributed by atoms with Gasteiger partial charge in [-0.05, 0) is 37.8 Å². The first-order valence-electron chi connectivity index (χ1n) is 12.6. The van der Waals surface area contributed by atoms with Gasteiger partial charge >= 0.3 is 5.97 Å². The third kappa shape index (κ3) is 7.48. The lowest BCUT2D eigenvalue weighted by molar-refractivity contribution is -0.267. The van der Waals surface area contributed by atoms with Crippen LogP contribution < -0.4 is 0 Å². The van der Waals surface area contributed by atoms with Crippen molar-refractivity contribution in [3.05, 3.63) is 23.3 Å². The molecule has 2 bridgehead atoms. The summed E-state index contributed by atoms with van der Waals surface area (Å²) in [7, 11) is 0. The van der Waals surface area contributed by atoms with Gasteiger partial charge in [-0.25, -0.2) is 0 Å². The van der Waals surface area contributed by atoms with Crippen LogP contribution in [0, 0.1) is 11.3 Å². The minimum Gasteiger partial charge on any atom is -0.462 e. The summed E-state index contributed by atoms with van der Waals surface area (Å²) in [5, 5.41) is 32.5. The van der Waals surface area contributed by atoms with Gasteiger partial charge in [-0.3, -0.25) is 9.59 Å². The smallest absolute Gasteiger partial charge is 0.311 e. The maximum Gasteiger partial charge on any atom is 0.311 e. The van der Waals surface area contributed by atoms with Crippen LogP contribution in [0.1, 0.15) is 92.9 Å². The van der Waals surface area contributed by atoms with E-state index in [1.54, 1.807) is 40.7 Å². The number of ketones is 1. The molecule has 2 aliphatic heterocycles. The van der Waals surface area contributed by atoms with E-state index in [0.29, 0.717) is 24.0 Å². The van der Waals surface area contributed by atoms with Crippen LogP contribution in [-0.4, -0.2) is 57.3 Å². The van der Waals surface area contributed by atoms with Crippen molar-refractivity contribution >= 4 is 11.8 Å². The molecule has 0 aromatic heterocycles. The number of ether oxygens (including phenoxy) is 2. The number of carbonyl (C=O) groups excluding carboxylic acids is 2. The van der Waals surface area contributed by atoms with E-state index in [1.165, 1.54) is 0 Å². The Bertz CT molecular complexity index is 784. The predicted octanol–water partition coefficient (Wildman–Crippen LogP) is 3.99. The molecule has 2 heterocycles. The largest absolute Gasteiger partial charge is 0.462 e. The molecule has 2 rings (SSSR count). The fraction of sp³-hybridized carbons (Fsp3) is 0.778. The molecule has 0 amide bonds. The zero-order chi connectivity index (χ0) is 25.7. The summed E-state index contributed by atoms with van der Waals surface area (Å²) in [6.07, 6.45) is 4.49. The van der Waals surface area contributed by atoms with E-state index in [4.69, 9.17) is 9.47 Å². The van der Waals surface area contributed by atoms with E-state index in [-0.39, 0.29) is 25.0 Å². The maximum absolute atomic E-state index is 13.3. The number of carbonyl (C=O) groups is 2. The lowest BCUT2D eigenvalue weighted by atomic mass is 9.74. The number of Topliss-reactive ketones (excluding diaryl/α,β-unsaturated/α-hetero) is 1. The molecule has 3 N–H and O–H groups in total. The first-order valence-corrected chi connectivity index (χ1v) is 12.6. The number of fused-ring (bicyclic) bond motifs is 2. The van der Waals surface area contributed by atoms with Crippen LogP contribution in [-0.2, 0) is 19.1 Å². The van der Waals surface area contributed by atoms with Crippen LogP contribution >= 0.6 is 0 Å². The predicted molar refractivity (Wildman–Crippen MR) is 130 cm³/mol. The van der Waals surface area contributed by atoms with E-state index in [9.17, 15) is 24.9 Å². The molecule has 7 heteroatoms. The Kier molecular flexibility index (Phi) is 10.1. The summed E-state index contributed by atoms with van der Waals surface area (Å²) < 4.78 is 11.6. The van der Waals surface area contributed by atoms with Crippen LogP contribution in [0.5, 0.6) is 0 Å². The molecule has 34 heavy (non-hydrogen) atoms. The summed E-state index contributed by atoms with van der Waals surface area (Å²) in [6, 6.07) is 0. The van der Waals surface area contributed by atoms with Gasteiger partial charge in [-0.2, -0.15) is 0 Å². The standard InChI is InChI=1S/C27H44O7/c1-7-8-9-10-21-12-11-17(2)24(30)26(5,6)25(31)19(4)13-18(3)22-14-20(28)15-27(32,34-22)16-23(29)33-21/h11,13,19-22,24,28,30,32H,7-10,12,14-16H2,1-6H3. The Morgan fingerprint density at radius 3 is 2.44 bits per heavy atom. The Balaban J connectivity index is 2.43. The van der Waals surface area contributed by atoms with E-state index in [0.717, 1.165) is 19.3 Å². The molecule has 0 saturated carbocycles. The number of aliphatic hydroxyl groups is 3. The number of unbranched alkanes of at least 4 members (excludes halogenated alkanes) is 2. The van der Waals surface area contributed by atoms with Gasteiger partial charge in [0.25, 0.3) is 0 Å². The Hall–Kier alpha value is -1.54. The number of esters is 1. The number of cyclic esters (lactones) is 1. The van der Waals surface area contributed by atoms with Gasteiger partial charge < -0.3 is 24.8 Å². The molecular weight excluding hydrogens is 436 g/mol. The third-order valence-corrected chi connectivity index (χ3v) is 7.14. The van der Waals surface area contributed by atoms with Gasteiger partial charge in [0.2, 0.25) is 0 Å². The summed E-state index contributed by atoms with van der Waals surface area (Å²) in [4.78, 5) is 26.1. The quantitative estimate of drug-likeness (QED) is 0.317. The van der Waals surface area contributed by atoms with Gasteiger partial charge in [-0.1, -0.05) is 52.7 Å². The van der Waals surface area contributed by atoms with E-state index in [1.807, 2.05) is 6.08 Å². The topological polar surface area (TPSA) is 113 Å². The fourth-order valence-corrected chi connectivity index (χ4v) is 5.05. The molecule has 6 atom stereocenters. The average Bonchev–Trinajstić information content (AvgIpc) is 2.74. The molecule has 0 aromatic carbocycles. The third-order valence-electron chi connectivity index (χ3n) is 7.14. The lowest BCUT2D eigenvalue weighted by Crippen LogP contribution is -2.48. The van der Waals surface area contributed by atoms with E-state index in [2.05, 4.69) is 6.92 Å². The highest BCUT2D eigenvalue weighted by atomic mass is 16.6. The van der Waals surface area contributed by atoms with E-state index >= 15 is 0 Å². The van der Waals surface area contributed by atoms with Crippen molar-refractivity contribution in [3.63, 3.8) is 0 Å². The molecule has 0 aromatic rings. The van der Waals surface area contributed by atoms with Crippen molar-refractivity contribution in [1.29, 1.82) is 0 Å². The van der Waals surface area contributed by atoms with Crippen LogP contribution in [0.25, 0.3) is 0 Å². The first kappa shape index (κ1) is 28.7.